The first-order valence-corrected chi connectivity index (χ1v) is 21.4. The van der Waals surface area contributed by atoms with Crippen LogP contribution < -0.4 is 27.0 Å². The van der Waals surface area contributed by atoms with Crippen LogP contribution in [0.2, 0.25) is 0 Å². The molecule has 5 nitrogen and oxygen atoms in total. The zero-order chi connectivity index (χ0) is 41.9. The maximum Gasteiger partial charge on any atom is 0.0852 e. The molecule has 0 saturated carbocycles. The van der Waals surface area contributed by atoms with Crippen molar-refractivity contribution >= 4 is 23.1 Å². The Hall–Kier alpha value is -7.12. The lowest BCUT2D eigenvalue weighted by atomic mass is 9.63. The fourth-order valence-electron chi connectivity index (χ4n) is 9.48. The molecule has 5 heteroatoms. The highest BCUT2D eigenvalue weighted by Gasteiger charge is 2.50. The number of hydrogen-bond acceptors (Lipinski definition) is 5. The summed E-state index contributed by atoms with van der Waals surface area (Å²) in [6, 6.07) is 73.8. The second kappa shape index (κ2) is 17.1. The number of rotatable bonds is 12. The van der Waals surface area contributed by atoms with Gasteiger partial charge in [-0.15, -0.1) is 0 Å². The minimum atomic E-state index is -0.536. The van der Waals surface area contributed by atoms with Gasteiger partial charge < -0.3 is 16.4 Å². The Kier molecular flexibility index (Phi) is 10.8. The van der Waals surface area contributed by atoms with Crippen molar-refractivity contribution in [1.29, 1.82) is 0 Å². The second-order valence-corrected chi connectivity index (χ2v) is 16.1. The molecular weight excluding hydrogens is 755 g/mol. The predicted octanol–water partition coefficient (Wildman–Crippen LogP) is 12.1. The summed E-state index contributed by atoms with van der Waals surface area (Å²) < 4.78 is 0. The molecule has 8 aromatic carbocycles. The molecule has 0 saturated heterocycles. The lowest BCUT2D eigenvalue weighted by Crippen LogP contribution is -2.39. The van der Waals surface area contributed by atoms with Crippen LogP contribution in [0.1, 0.15) is 51.3 Å². The first-order valence-electron chi connectivity index (χ1n) is 21.4. The van der Waals surface area contributed by atoms with E-state index in [0.717, 1.165) is 16.8 Å². The molecule has 0 amide bonds. The average Bonchev–Trinajstić information content (AvgIpc) is 3.66. The van der Waals surface area contributed by atoms with E-state index >= 15 is 0 Å². The highest BCUT2D eigenvalue weighted by atomic mass is 15.2. The Morgan fingerprint density at radius 3 is 1.74 bits per heavy atom. The third kappa shape index (κ3) is 7.17. The number of benzene rings is 8. The fraction of sp³-hybridized carbons (Fsp3) is 0.0877. The van der Waals surface area contributed by atoms with E-state index in [4.69, 9.17) is 11.5 Å². The van der Waals surface area contributed by atoms with Crippen molar-refractivity contribution in [2.75, 3.05) is 11.4 Å². The van der Waals surface area contributed by atoms with Crippen LogP contribution in [0, 0.1) is 0 Å². The summed E-state index contributed by atoms with van der Waals surface area (Å²) in [5.74, 6) is 0. The van der Waals surface area contributed by atoms with Gasteiger partial charge in [-0.05, 0) is 109 Å². The summed E-state index contributed by atoms with van der Waals surface area (Å²) in [5, 5.41) is 7.34. The lowest BCUT2D eigenvalue weighted by molar-refractivity contribution is 0.386. The van der Waals surface area contributed by atoms with Crippen LogP contribution in [0.4, 0.5) is 17.1 Å². The standard InChI is InChI=1S/C57H49N5/c58-35-15-22-48-37-47-34-33-46(38-52(47)57(48)50-25-10-12-27-53(50)62(49-23-8-3-9-24-49)54-28-13-11-26-51(54)57)42-31-29-41(30-32-42)45-21-14-16-40(36-45)39-60-56(44-19-6-2-7-20-44)61-55(59)43-17-4-1-5-18-43/h1-34,36-38,55-56,60-61H,35,39,58-59H2/b22-15-. The molecule has 1 aliphatic heterocycles. The third-order valence-electron chi connectivity index (χ3n) is 12.4. The smallest absolute Gasteiger partial charge is 0.0852 e. The van der Waals surface area contributed by atoms with Gasteiger partial charge in [-0.1, -0.05) is 182 Å². The SMILES string of the molecule is NC/C=C\C1=Cc2ccc(-c3ccc(-c4cccc(CNC(NC(N)c5ccccc5)c5ccccc5)c4)cc3)cc2C12c1ccccc1N(c1ccccc1)c1ccccc12. The van der Waals surface area contributed by atoms with Gasteiger partial charge in [0.25, 0.3) is 0 Å². The molecular formula is C57H49N5. The number of allylic oxidation sites excluding steroid dienone is 2. The number of nitrogens with one attached hydrogen (secondary N) is 2. The van der Waals surface area contributed by atoms with Gasteiger partial charge >= 0.3 is 0 Å². The second-order valence-electron chi connectivity index (χ2n) is 16.1. The Balaban J connectivity index is 0.963. The van der Waals surface area contributed by atoms with Crippen molar-refractivity contribution in [3.05, 3.63) is 263 Å². The van der Waals surface area contributed by atoms with Crippen molar-refractivity contribution in [3.63, 3.8) is 0 Å². The molecule has 8 aromatic rings. The molecule has 1 aliphatic carbocycles. The van der Waals surface area contributed by atoms with E-state index < -0.39 is 5.41 Å². The monoisotopic (exact) mass is 803 g/mol. The largest absolute Gasteiger partial charge is 0.327 e. The molecule has 0 radical (unpaired) electrons. The van der Waals surface area contributed by atoms with Gasteiger partial charge in [-0.25, -0.2) is 0 Å². The van der Waals surface area contributed by atoms with Gasteiger partial charge in [0.1, 0.15) is 0 Å². The molecule has 0 aromatic heterocycles. The third-order valence-corrected chi connectivity index (χ3v) is 12.4. The summed E-state index contributed by atoms with van der Waals surface area (Å²) >= 11 is 0. The van der Waals surface area contributed by atoms with E-state index in [0.29, 0.717) is 13.1 Å². The van der Waals surface area contributed by atoms with Crippen molar-refractivity contribution in [3.8, 4) is 22.3 Å². The van der Waals surface area contributed by atoms with Crippen molar-refractivity contribution < 1.29 is 0 Å². The summed E-state index contributed by atoms with van der Waals surface area (Å²) in [5.41, 5.74) is 30.0. The fourth-order valence-corrected chi connectivity index (χ4v) is 9.48. The van der Waals surface area contributed by atoms with Crippen molar-refractivity contribution in [2.45, 2.75) is 24.3 Å². The zero-order valence-electron chi connectivity index (χ0n) is 34.5. The molecule has 0 bridgehead atoms. The molecule has 2 unspecified atom stereocenters. The van der Waals surface area contributed by atoms with E-state index in [-0.39, 0.29) is 12.3 Å². The summed E-state index contributed by atoms with van der Waals surface area (Å²) in [6.07, 6.45) is 6.22. The minimum absolute atomic E-state index is 0.137. The molecule has 6 N–H and O–H groups in total. The van der Waals surface area contributed by atoms with Gasteiger partial charge in [0.2, 0.25) is 0 Å². The quantitative estimate of drug-likeness (QED) is 0.0925. The molecule has 10 rings (SSSR count). The molecule has 0 fully saturated rings. The highest BCUT2D eigenvalue weighted by molar-refractivity contribution is 5.94. The molecule has 1 heterocycles. The van der Waals surface area contributed by atoms with Gasteiger partial charge in [0.05, 0.1) is 29.1 Å². The average molecular weight is 804 g/mol. The number of nitrogens with zero attached hydrogens (tertiary/aromatic N) is 1. The van der Waals surface area contributed by atoms with Crippen LogP contribution in [0.5, 0.6) is 0 Å². The maximum atomic E-state index is 6.64. The zero-order valence-corrected chi connectivity index (χ0v) is 34.5. The summed E-state index contributed by atoms with van der Waals surface area (Å²) in [7, 11) is 0. The van der Waals surface area contributed by atoms with Crippen LogP contribution >= 0.6 is 0 Å². The van der Waals surface area contributed by atoms with Gasteiger partial charge in [-0.3, -0.25) is 10.6 Å². The number of para-hydroxylation sites is 3. The maximum absolute atomic E-state index is 6.64. The predicted molar refractivity (Wildman–Crippen MR) is 257 cm³/mol. The van der Waals surface area contributed by atoms with E-state index in [1.165, 1.54) is 67.0 Å². The van der Waals surface area contributed by atoms with Crippen LogP contribution in [-0.4, -0.2) is 6.54 Å². The normalized spacial score (nSPS) is 14.5. The van der Waals surface area contributed by atoms with Gasteiger partial charge in [0.15, 0.2) is 0 Å². The first kappa shape index (κ1) is 39.0. The van der Waals surface area contributed by atoms with E-state index in [9.17, 15) is 0 Å². The van der Waals surface area contributed by atoms with Gasteiger partial charge in [0, 0.05) is 18.8 Å². The van der Waals surface area contributed by atoms with Crippen LogP contribution in [0.3, 0.4) is 0 Å². The van der Waals surface area contributed by atoms with Crippen LogP contribution in [0.25, 0.3) is 28.3 Å². The number of fused-ring (bicyclic) bond motifs is 6. The lowest BCUT2D eigenvalue weighted by Gasteiger charge is -2.45. The Bertz CT molecular complexity index is 2840. The number of hydrogen-bond donors (Lipinski definition) is 4. The van der Waals surface area contributed by atoms with Crippen molar-refractivity contribution in [2.24, 2.45) is 11.5 Å². The number of nitrogens with two attached hydrogens (primary N) is 2. The minimum Gasteiger partial charge on any atom is -0.327 e. The molecule has 62 heavy (non-hydrogen) atoms. The molecule has 2 aliphatic rings. The summed E-state index contributed by atoms with van der Waals surface area (Å²) in [4.78, 5) is 2.41. The molecule has 302 valence electrons. The Morgan fingerprint density at radius 2 is 1.10 bits per heavy atom. The van der Waals surface area contributed by atoms with Crippen molar-refractivity contribution in [1.82, 2.24) is 10.6 Å². The Morgan fingerprint density at radius 1 is 0.532 bits per heavy atom. The Labute approximate surface area is 364 Å². The van der Waals surface area contributed by atoms with Crippen LogP contribution in [0.15, 0.2) is 224 Å². The van der Waals surface area contributed by atoms with E-state index in [2.05, 4.69) is 216 Å². The topological polar surface area (TPSA) is 79.3 Å². The van der Waals surface area contributed by atoms with Gasteiger partial charge in [-0.2, -0.15) is 0 Å². The molecule has 1 spiro atoms. The summed E-state index contributed by atoms with van der Waals surface area (Å²) in [6.45, 7) is 1.14. The van der Waals surface area contributed by atoms with Crippen LogP contribution in [-0.2, 0) is 12.0 Å². The van der Waals surface area contributed by atoms with E-state index in [1.807, 2.05) is 24.3 Å². The van der Waals surface area contributed by atoms with E-state index in [1.54, 1.807) is 0 Å². The molecule has 2 atom stereocenters. The first-order chi connectivity index (χ1) is 30.6. The number of anilines is 3. The highest BCUT2D eigenvalue weighted by Crippen LogP contribution is 2.61.